The maximum atomic E-state index is 13.3. The topological polar surface area (TPSA) is 71.5 Å². The Morgan fingerprint density at radius 1 is 1.03 bits per heavy atom. The number of Topliss-reactive ketones (excluding diaryl/α,β-unsaturated/α-hetero) is 1. The lowest BCUT2D eigenvalue weighted by molar-refractivity contribution is 0.0844. The second-order valence-electron chi connectivity index (χ2n) is 9.66. The number of hydrogen-bond donors (Lipinski definition) is 1. The van der Waals surface area contributed by atoms with Crippen LogP contribution in [-0.2, 0) is 0 Å². The summed E-state index contributed by atoms with van der Waals surface area (Å²) in [6.45, 7) is 5.41. The van der Waals surface area contributed by atoms with E-state index < -0.39 is 6.10 Å². The first-order valence-corrected chi connectivity index (χ1v) is 13.1. The van der Waals surface area contributed by atoms with Crippen LogP contribution in [0.3, 0.4) is 0 Å². The van der Waals surface area contributed by atoms with E-state index in [4.69, 9.17) is 14.2 Å². The largest absolute Gasteiger partial charge is 0.507 e. The highest BCUT2D eigenvalue weighted by Gasteiger charge is 2.31. The molecule has 38 heavy (non-hydrogen) atoms. The van der Waals surface area contributed by atoms with Crippen LogP contribution in [0.5, 0.6) is 23.0 Å². The van der Waals surface area contributed by atoms with E-state index in [0.29, 0.717) is 23.7 Å². The van der Waals surface area contributed by atoms with E-state index >= 15 is 0 Å². The van der Waals surface area contributed by atoms with Gasteiger partial charge in [0.2, 0.25) is 0 Å². The van der Waals surface area contributed by atoms with Crippen LogP contribution in [0, 0.1) is 5.82 Å². The monoisotopic (exact) mass is 520 g/mol. The number of methoxy groups -OCH3 is 1. The van der Waals surface area contributed by atoms with Crippen LogP contribution in [0.2, 0.25) is 0 Å². The van der Waals surface area contributed by atoms with Crippen LogP contribution in [0.25, 0.3) is 0 Å². The molecule has 3 aromatic carbocycles. The smallest absolute Gasteiger partial charge is 0.174 e. The number of phenols is 1. The van der Waals surface area contributed by atoms with E-state index in [1.807, 2.05) is 18.2 Å². The number of aromatic hydroxyl groups is 1. The molecule has 1 fully saturated rings. The molecule has 0 aromatic heterocycles. The van der Waals surface area contributed by atoms with Gasteiger partial charge in [-0.2, -0.15) is 0 Å². The van der Waals surface area contributed by atoms with Crippen molar-refractivity contribution < 1.29 is 28.5 Å². The van der Waals surface area contributed by atoms with Crippen molar-refractivity contribution >= 4 is 11.5 Å². The Balaban J connectivity index is 1.09. The summed E-state index contributed by atoms with van der Waals surface area (Å²) in [7, 11) is 1.71. The number of phenolic OH excluding ortho intramolecular Hbond substituents is 1. The van der Waals surface area contributed by atoms with Gasteiger partial charge in [0.05, 0.1) is 25.8 Å². The number of rotatable bonds is 9. The molecule has 0 radical (unpaired) electrons. The number of piperazine rings is 1. The molecule has 0 bridgehead atoms. The molecule has 8 heteroatoms. The van der Waals surface area contributed by atoms with Gasteiger partial charge in [0.25, 0.3) is 0 Å². The molecule has 2 heterocycles. The number of carbonyl (C=O) groups is 1. The average molecular weight is 521 g/mol. The minimum Gasteiger partial charge on any atom is -0.507 e. The van der Waals surface area contributed by atoms with Crippen LogP contribution in [0.1, 0.15) is 41.3 Å². The zero-order valence-corrected chi connectivity index (χ0v) is 21.6. The van der Waals surface area contributed by atoms with E-state index in [1.165, 1.54) is 18.2 Å². The molecule has 0 amide bonds. The van der Waals surface area contributed by atoms with Crippen molar-refractivity contribution in [1.29, 1.82) is 0 Å². The van der Waals surface area contributed by atoms with E-state index in [2.05, 4.69) is 15.9 Å². The van der Waals surface area contributed by atoms with Crippen molar-refractivity contribution in [3.63, 3.8) is 0 Å². The number of halogens is 1. The SMILES string of the molecule is COc1ccccc1N1CCN(CCCCOc2cc(O)c3c(c2)O[C@H](c2ccc(F)cc2)CC3=O)CC1. The molecular formula is C30H33FN2O5. The number of ketones is 1. The van der Waals surface area contributed by atoms with Crippen molar-refractivity contribution in [3.8, 4) is 23.0 Å². The fourth-order valence-corrected chi connectivity index (χ4v) is 5.09. The molecule has 1 saturated heterocycles. The highest BCUT2D eigenvalue weighted by atomic mass is 19.1. The summed E-state index contributed by atoms with van der Waals surface area (Å²) in [6, 6.07) is 17.2. The van der Waals surface area contributed by atoms with Crippen molar-refractivity contribution in [2.45, 2.75) is 25.4 Å². The van der Waals surface area contributed by atoms with Gasteiger partial charge in [-0.3, -0.25) is 9.69 Å². The number of carbonyl (C=O) groups excluding carboxylic acids is 1. The number of benzene rings is 3. The molecule has 0 unspecified atom stereocenters. The lowest BCUT2D eigenvalue weighted by Gasteiger charge is -2.36. The quantitative estimate of drug-likeness (QED) is 0.388. The number of hydrogen-bond acceptors (Lipinski definition) is 7. The van der Waals surface area contributed by atoms with Gasteiger partial charge in [0.15, 0.2) is 5.78 Å². The first kappa shape index (κ1) is 25.9. The van der Waals surface area contributed by atoms with Crippen LogP contribution in [0.15, 0.2) is 60.7 Å². The number of fused-ring (bicyclic) bond motifs is 1. The molecular weight excluding hydrogens is 487 g/mol. The molecule has 7 nitrogen and oxygen atoms in total. The van der Waals surface area contributed by atoms with Crippen molar-refractivity contribution in [2.24, 2.45) is 0 Å². The first-order chi connectivity index (χ1) is 18.5. The predicted molar refractivity (Wildman–Crippen MR) is 143 cm³/mol. The summed E-state index contributed by atoms with van der Waals surface area (Å²) < 4.78 is 30.7. The molecule has 200 valence electrons. The van der Waals surface area contributed by atoms with Crippen molar-refractivity contribution in [3.05, 3.63) is 77.6 Å². The third-order valence-electron chi connectivity index (χ3n) is 7.15. The summed E-state index contributed by atoms with van der Waals surface area (Å²) >= 11 is 0. The van der Waals surface area contributed by atoms with Gasteiger partial charge in [-0.15, -0.1) is 0 Å². The average Bonchev–Trinajstić information content (AvgIpc) is 2.93. The fourth-order valence-electron chi connectivity index (χ4n) is 5.09. The number of ether oxygens (including phenoxy) is 3. The molecule has 0 saturated carbocycles. The maximum Gasteiger partial charge on any atom is 0.174 e. The molecule has 5 rings (SSSR count). The zero-order valence-electron chi connectivity index (χ0n) is 21.6. The van der Waals surface area contributed by atoms with E-state index in [1.54, 1.807) is 25.3 Å². The minimum atomic E-state index is -0.534. The second kappa shape index (κ2) is 11.7. The summed E-state index contributed by atoms with van der Waals surface area (Å²) in [4.78, 5) is 17.5. The van der Waals surface area contributed by atoms with Gasteiger partial charge >= 0.3 is 0 Å². The Labute approximate surface area is 222 Å². The standard InChI is InChI=1S/C30H33FN2O5/c1-36-27-7-3-2-6-24(27)33-15-13-32(14-16-33)12-4-5-17-37-23-18-25(34)30-26(35)20-28(38-29(30)19-23)21-8-10-22(31)11-9-21/h2-3,6-11,18-19,28,34H,4-5,12-17,20H2,1H3/t28-/m0/s1. The third kappa shape index (κ3) is 5.86. The molecule has 2 aliphatic heterocycles. The fraction of sp³-hybridized carbons (Fsp3) is 0.367. The Morgan fingerprint density at radius 3 is 2.55 bits per heavy atom. The van der Waals surface area contributed by atoms with Crippen LogP contribution >= 0.6 is 0 Å². The lowest BCUT2D eigenvalue weighted by atomic mass is 9.95. The molecule has 1 N–H and O–H groups in total. The van der Waals surface area contributed by atoms with E-state index in [-0.39, 0.29) is 29.3 Å². The normalized spacial score (nSPS) is 17.6. The predicted octanol–water partition coefficient (Wildman–Crippen LogP) is 5.23. The molecule has 0 aliphatic carbocycles. The third-order valence-corrected chi connectivity index (χ3v) is 7.15. The highest BCUT2D eigenvalue weighted by molar-refractivity contribution is 6.02. The zero-order chi connectivity index (χ0) is 26.5. The van der Waals surface area contributed by atoms with Crippen LogP contribution < -0.4 is 19.1 Å². The van der Waals surface area contributed by atoms with Crippen LogP contribution in [-0.4, -0.2) is 62.2 Å². The Bertz CT molecular complexity index is 1260. The summed E-state index contributed by atoms with van der Waals surface area (Å²) in [5.74, 6) is 0.952. The van der Waals surface area contributed by atoms with Gasteiger partial charge in [-0.1, -0.05) is 24.3 Å². The minimum absolute atomic E-state index is 0.0829. The lowest BCUT2D eigenvalue weighted by Crippen LogP contribution is -2.46. The van der Waals surface area contributed by atoms with Crippen LogP contribution in [0.4, 0.5) is 10.1 Å². The van der Waals surface area contributed by atoms with Crippen molar-refractivity contribution in [2.75, 3.05) is 51.3 Å². The summed E-state index contributed by atoms with van der Waals surface area (Å²) in [5.41, 5.74) is 2.02. The Hall–Kier alpha value is -3.78. The Kier molecular flexibility index (Phi) is 7.98. The van der Waals surface area contributed by atoms with E-state index in [9.17, 15) is 14.3 Å². The molecule has 0 spiro atoms. The number of anilines is 1. The van der Waals surface area contributed by atoms with Gasteiger partial charge in [-0.25, -0.2) is 4.39 Å². The highest BCUT2D eigenvalue weighted by Crippen LogP contribution is 2.42. The number of para-hydroxylation sites is 2. The second-order valence-corrected chi connectivity index (χ2v) is 9.66. The van der Waals surface area contributed by atoms with Crippen molar-refractivity contribution in [1.82, 2.24) is 4.90 Å². The molecule has 1 atom stereocenters. The Morgan fingerprint density at radius 2 is 1.79 bits per heavy atom. The first-order valence-electron chi connectivity index (χ1n) is 13.1. The van der Waals surface area contributed by atoms with Gasteiger partial charge in [0.1, 0.15) is 40.5 Å². The maximum absolute atomic E-state index is 13.3. The molecule has 3 aromatic rings. The summed E-state index contributed by atoms with van der Waals surface area (Å²) in [5, 5.41) is 10.5. The van der Waals surface area contributed by atoms with Gasteiger partial charge < -0.3 is 24.2 Å². The van der Waals surface area contributed by atoms with E-state index in [0.717, 1.165) is 57.0 Å². The van der Waals surface area contributed by atoms with Gasteiger partial charge in [0, 0.05) is 38.3 Å². The summed E-state index contributed by atoms with van der Waals surface area (Å²) in [6.07, 6.45) is 1.41. The van der Waals surface area contributed by atoms with Gasteiger partial charge in [-0.05, 0) is 49.2 Å². The molecule has 2 aliphatic rings. The number of unbranched alkanes of at least 4 members (excludes halogenated alkanes) is 1. The number of nitrogens with zero attached hydrogens (tertiary/aromatic N) is 2.